The van der Waals surface area contributed by atoms with Crippen LogP contribution < -0.4 is 5.73 Å². The molecule has 2 rings (SSSR count). The first-order chi connectivity index (χ1) is 6.98. The van der Waals surface area contributed by atoms with Gasteiger partial charge in [0.15, 0.2) is 0 Å². The maximum Gasteiger partial charge on any atom is 0.242 e. The average Bonchev–Trinajstić information content (AvgIpc) is 2.61. The van der Waals surface area contributed by atoms with Gasteiger partial charge in [-0.05, 0) is 37.3 Å². The SMILES string of the molecule is CC(C)(N)C(=O)N1CCc2sccc2C1. The molecule has 0 atom stereocenters. The van der Waals surface area contributed by atoms with Crippen molar-refractivity contribution in [1.82, 2.24) is 4.90 Å². The fourth-order valence-corrected chi connectivity index (χ4v) is 2.72. The number of amides is 1. The molecule has 1 aliphatic rings. The lowest BCUT2D eigenvalue weighted by atomic mass is 10.0. The molecule has 82 valence electrons. The van der Waals surface area contributed by atoms with Crippen LogP contribution in [0.2, 0.25) is 0 Å². The molecule has 3 nitrogen and oxygen atoms in total. The Morgan fingerprint density at radius 2 is 2.33 bits per heavy atom. The van der Waals surface area contributed by atoms with E-state index >= 15 is 0 Å². The molecular weight excluding hydrogens is 208 g/mol. The third-order valence-corrected chi connectivity index (χ3v) is 3.67. The third kappa shape index (κ3) is 2.06. The number of rotatable bonds is 1. The summed E-state index contributed by atoms with van der Waals surface area (Å²) >= 11 is 1.78. The van der Waals surface area contributed by atoms with Crippen LogP contribution in [0.3, 0.4) is 0 Å². The Morgan fingerprint density at radius 3 is 3.00 bits per heavy atom. The summed E-state index contributed by atoms with van der Waals surface area (Å²) in [6, 6.07) is 2.10. The van der Waals surface area contributed by atoms with Crippen molar-refractivity contribution in [2.75, 3.05) is 6.54 Å². The van der Waals surface area contributed by atoms with Crippen LogP contribution in [0.5, 0.6) is 0 Å². The summed E-state index contributed by atoms with van der Waals surface area (Å²) in [7, 11) is 0. The van der Waals surface area contributed by atoms with Gasteiger partial charge in [-0.3, -0.25) is 4.79 Å². The highest BCUT2D eigenvalue weighted by atomic mass is 32.1. The van der Waals surface area contributed by atoms with Gasteiger partial charge in [0.1, 0.15) is 0 Å². The molecule has 0 unspecified atom stereocenters. The normalized spacial score (nSPS) is 16.3. The first-order valence-electron chi connectivity index (χ1n) is 5.12. The molecule has 1 aliphatic heterocycles. The van der Waals surface area contributed by atoms with Crippen LogP contribution in [0.1, 0.15) is 24.3 Å². The molecule has 2 N–H and O–H groups in total. The molecule has 2 heterocycles. The summed E-state index contributed by atoms with van der Waals surface area (Å²) in [4.78, 5) is 15.2. The number of hydrogen-bond acceptors (Lipinski definition) is 3. The largest absolute Gasteiger partial charge is 0.336 e. The predicted octanol–water partition coefficient (Wildman–Crippen LogP) is 1.37. The fourth-order valence-electron chi connectivity index (χ4n) is 1.83. The lowest BCUT2D eigenvalue weighted by Crippen LogP contribution is -2.52. The number of hydrogen-bond donors (Lipinski definition) is 1. The molecule has 0 fully saturated rings. The van der Waals surface area contributed by atoms with Crippen LogP contribution in [-0.4, -0.2) is 22.9 Å². The van der Waals surface area contributed by atoms with E-state index in [0.29, 0.717) is 0 Å². The number of thiophene rings is 1. The number of nitrogens with zero attached hydrogens (tertiary/aromatic N) is 1. The summed E-state index contributed by atoms with van der Waals surface area (Å²) in [5.74, 6) is 0.0411. The van der Waals surface area contributed by atoms with Gasteiger partial charge < -0.3 is 10.6 Å². The molecule has 0 spiro atoms. The Hall–Kier alpha value is -0.870. The van der Waals surface area contributed by atoms with Crippen molar-refractivity contribution >= 4 is 17.2 Å². The fraction of sp³-hybridized carbons (Fsp3) is 0.545. The highest BCUT2D eigenvalue weighted by molar-refractivity contribution is 7.10. The highest BCUT2D eigenvalue weighted by Crippen LogP contribution is 2.24. The second-order valence-electron chi connectivity index (χ2n) is 4.57. The van der Waals surface area contributed by atoms with Gasteiger partial charge in [-0.1, -0.05) is 0 Å². The minimum atomic E-state index is -0.756. The van der Waals surface area contributed by atoms with Crippen molar-refractivity contribution in [3.8, 4) is 0 Å². The van der Waals surface area contributed by atoms with Crippen LogP contribution in [0.15, 0.2) is 11.4 Å². The van der Waals surface area contributed by atoms with Crippen molar-refractivity contribution in [2.24, 2.45) is 5.73 Å². The second kappa shape index (κ2) is 3.61. The van der Waals surface area contributed by atoms with Gasteiger partial charge in [0.25, 0.3) is 0 Å². The van der Waals surface area contributed by atoms with Gasteiger partial charge in [0.2, 0.25) is 5.91 Å². The molecule has 1 amide bonds. The van der Waals surface area contributed by atoms with E-state index in [2.05, 4.69) is 11.4 Å². The molecular formula is C11H16N2OS. The Morgan fingerprint density at radius 1 is 1.60 bits per heavy atom. The molecule has 0 aliphatic carbocycles. The van der Waals surface area contributed by atoms with E-state index in [4.69, 9.17) is 5.73 Å². The van der Waals surface area contributed by atoms with Crippen molar-refractivity contribution in [3.63, 3.8) is 0 Å². The average molecular weight is 224 g/mol. The monoisotopic (exact) mass is 224 g/mol. The van der Waals surface area contributed by atoms with Crippen LogP contribution >= 0.6 is 11.3 Å². The molecule has 1 aromatic heterocycles. The zero-order valence-corrected chi connectivity index (χ0v) is 9.93. The molecule has 1 aromatic rings. The van der Waals surface area contributed by atoms with Crippen molar-refractivity contribution in [3.05, 3.63) is 21.9 Å². The maximum absolute atomic E-state index is 12.0. The van der Waals surface area contributed by atoms with Crippen LogP contribution in [0, 0.1) is 0 Å². The zero-order chi connectivity index (χ0) is 11.1. The predicted molar refractivity (Wildman–Crippen MR) is 61.7 cm³/mol. The zero-order valence-electron chi connectivity index (χ0n) is 9.12. The highest BCUT2D eigenvalue weighted by Gasteiger charge is 2.30. The smallest absolute Gasteiger partial charge is 0.242 e. The van der Waals surface area contributed by atoms with Crippen molar-refractivity contribution < 1.29 is 4.79 Å². The lowest BCUT2D eigenvalue weighted by molar-refractivity contribution is -0.136. The third-order valence-electron chi connectivity index (χ3n) is 2.65. The van der Waals surface area contributed by atoms with E-state index in [0.717, 1.165) is 19.5 Å². The number of fused-ring (bicyclic) bond motifs is 1. The van der Waals surface area contributed by atoms with Gasteiger partial charge in [-0.15, -0.1) is 11.3 Å². The lowest BCUT2D eigenvalue weighted by Gasteiger charge is -2.32. The maximum atomic E-state index is 12.0. The number of carbonyl (C=O) groups excluding carboxylic acids is 1. The summed E-state index contributed by atoms with van der Waals surface area (Å²) in [6.45, 7) is 5.04. The molecule has 0 radical (unpaired) electrons. The topological polar surface area (TPSA) is 46.3 Å². The van der Waals surface area contributed by atoms with E-state index in [1.54, 1.807) is 25.2 Å². The van der Waals surface area contributed by atoms with Gasteiger partial charge in [0, 0.05) is 18.0 Å². The van der Waals surface area contributed by atoms with E-state index in [9.17, 15) is 4.79 Å². The Balaban J connectivity index is 2.14. The van der Waals surface area contributed by atoms with E-state index in [1.165, 1.54) is 10.4 Å². The number of nitrogens with two attached hydrogens (primary N) is 1. The molecule has 0 saturated carbocycles. The first kappa shape index (κ1) is 10.6. The van der Waals surface area contributed by atoms with E-state index < -0.39 is 5.54 Å². The number of carbonyl (C=O) groups is 1. The van der Waals surface area contributed by atoms with Crippen LogP contribution in [0.4, 0.5) is 0 Å². The summed E-state index contributed by atoms with van der Waals surface area (Å²) in [6.07, 6.45) is 0.967. The van der Waals surface area contributed by atoms with Crippen LogP contribution in [-0.2, 0) is 17.8 Å². The van der Waals surface area contributed by atoms with Crippen molar-refractivity contribution in [2.45, 2.75) is 32.4 Å². The Bertz CT molecular complexity index is 378. The van der Waals surface area contributed by atoms with E-state index in [-0.39, 0.29) is 5.91 Å². The standard InChI is InChI=1S/C11H16N2OS/c1-11(2,12)10(14)13-5-3-9-8(7-13)4-6-15-9/h4,6H,3,5,7,12H2,1-2H3. The second-order valence-corrected chi connectivity index (χ2v) is 5.57. The van der Waals surface area contributed by atoms with Crippen LogP contribution in [0.25, 0.3) is 0 Å². The summed E-state index contributed by atoms with van der Waals surface area (Å²) < 4.78 is 0. The van der Waals surface area contributed by atoms with Crippen molar-refractivity contribution in [1.29, 1.82) is 0 Å². The molecule has 15 heavy (non-hydrogen) atoms. The van der Waals surface area contributed by atoms with Gasteiger partial charge in [0.05, 0.1) is 5.54 Å². The summed E-state index contributed by atoms with van der Waals surface area (Å²) in [5, 5.41) is 2.09. The quantitative estimate of drug-likeness (QED) is 0.783. The Kier molecular flexibility index (Phi) is 2.56. The molecule has 4 heteroatoms. The molecule has 0 saturated heterocycles. The van der Waals surface area contributed by atoms with Gasteiger partial charge >= 0.3 is 0 Å². The minimum Gasteiger partial charge on any atom is -0.336 e. The van der Waals surface area contributed by atoms with Gasteiger partial charge in [-0.25, -0.2) is 0 Å². The van der Waals surface area contributed by atoms with Gasteiger partial charge in [-0.2, -0.15) is 0 Å². The first-order valence-corrected chi connectivity index (χ1v) is 6.00. The molecule has 0 bridgehead atoms. The minimum absolute atomic E-state index is 0.0411. The van der Waals surface area contributed by atoms with E-state index in [1.807, 2.05) is 4.90 Å². The molecule has 0 aromatic carbocycles. The summed E-state index contributed by atoms with van der Waals surface area (Å²) in [5.41, 5.74) is 6.34. The Labute approximate surface area is 93.9 Å².